The quantitative estimate of drug-likeness (QED) is 0.204. The van der Waals surface area contributed by atoms with Crippen molar-refractivity contribution in [3.8, 4) is 16.3 Å². The van der Waals surface area contributed by atoms with Crippen molar-refractivity contribution < 1.29 is 4.74 Å². The summed E-state index contributed by atoms with van der Waals surface area (Å²) >= 11 is 4.68. The fraction of sp³-hybridized carbons (Fsp3) is 0.227. The van der Waals surface area contributed by atoms with Gasteiger partial charge in [-0.25, -0.2) is 9.97 Å². The maximum atomic E-state index is 13.1. The number of fused-ring (bicyclic) bond motifs is 1. The molecule has 0 unspecified atom stereocenters. The van der Waals surface area contributed by atoms with E-state index in [-0.39, 0.29) is 5.56 Å². The van der Waals surface area contributed by atoms with Crippen molar-refractivity contribution in [3.05, 3.63) is 68.8 Å². The minimum Gasteiger partial charge on any atom is -0.496 e. The van der Waals surface area contributed by atoms with E-state index in [9.17, 15) is 4.79 Å². The molecule has 4 rings (SSSR count). The number of aromatic nitrogens is 3. The highest BCUT2D eigenvalue weighted by Gasteiger charge is 2.17. The fourth-order valence-electron chi connectivity index (χ4n) is 3.17. The Morgan fingerprint density at radius 2 is 2.07 bits per heavy atom. The van der Waals surface area contributed by atoms with E-state index in [4.69, 9.17) is 14.7 Å². The van der Waals surface area contributed by atoms with Gasteiger partial charge in [-0.05, 0) is 31.5 Å². The highest BCUT2D eigenvalue weighted by molar-refractivity contribution is 7.98. The highest BCUT2D eigenvalue weighted by Crippen LogP contribution is 2.34. The van der Waals surface area contributed by atoms with E-state index in [0.29, 0.717) is 17.5 Å². The summed E-state index contributed by atoms with van der Waals surface area (Å²) in [6, 6.07) is 7.86. The summed E-state index contributed by atoms with van der Waals surface area (Å²) in [7, 11) is 1.66. The van der Waals surface area contributed by atoms with Gasteiger partial charge in [-0.2, -0.15) is 0 Å². The van der Waals surface area contributed by atoms with Crippen LogP contribution in [0.4, 0.5) is 0 Å². The zero-order valence-corrected chi connectivity index (χ0v) is 19.4. The van der Waals surface area contributed by atoms with Crippen LogP contribution in [0, 0.1) is 13.8 Å². The van der Waals surface area contributed by atoms with Crippen LogP contribution < -0.4 is 10.3 Å². The normalized spacial score (nSPS) is 11.2. The Morgan fingerprint density at radius 3 is 2.83 bits per heavy atom. The number of allylic oxidation sites excluding steroid dienone is 1. The second-order valence-electron chi connectivity index (χ2n) is 6.70. The molecule has 0 fully saturated rings. The Balaban J connectivity index is 1.64. The molecule has 3 aromatic heterocycles. The minimum absolute atomic E-state index is 0.00256. The molecule has 30 heavy (non-hydrogen) atoms. The highest BCUT2D eigenvalue weighted by atomic mass is 32.2. The fourth-order valence-corrected chi connectivity index (χ4v) is 6.09. The molecule has 4 aromatic rings. The number of para-hydroxylation sites is 1. The lowest BCUT2D eigenvalue weighted by Crippen LogP contribution is -2.22. The summed E-state index contributed by atoms with van der Waals surface area (Å²) in [6.07, 6.45) is 1.73. The Labute approximate surface area is 187 Å². The molecular weight excluding hydrogens is 434 g/mol. The average Bonchev–Trinajstić information content (AvgIpc) is 3.33. The third kappa shape index (κ3) is 3.82. The van der Waals surface area contributed by atoms with Crippen LogP contribution in [0.5, 0.6) is 5.75 Å². The van der Waals surface area contributed by atoms with Crippen LogP contribution in [0.2, 0.25) is 0 Å². The summed E-state index contributed by atoms with van der Waals surface area (Å²) in [6.45, 7) is 8.24. The Bertz CT molecular complexity index is 1290. The first-order valence-corrected chi connectivity index (χ1v) is 12.0. The molecule has 0 atom stereocenters. The molecule has 1 aromatic carbocycles. The van der Waals surface area contributed by atoms with Gasteiger partial charge < -0.3 is 4.74 Å². The van der Waals surface area contributed by atoms with E-state index in [1.54, 1.807) is 40.4 Å². The summed E-state index contributed by atoms with van der Waals surface area (Å²) in [5.41, 5.74) is 2.94. The zero-order chi connectivity index (χ0) is 21.3. The molecule has 0 bridgehead atoms. The van der Waals surface area contributed by atoms with Crippen LogP contribution in [0.25, 0.3) is 20.8 Å². The molecule has 0 spiro atoms. The van der Waals surface area contributed by atoms with Gasteiger partial charge in [-0.15, -0.1) is 29.3 Å². The number of hydrogen-bond acceptors (Lipinski definition) is 7. The van der Waals surface area contributed by atoms with Gasteiger partial charge in [0.15, 0.2) is 5.16 Å². The molecule has 0 radical (unpaired) electrons. The van der Waals surface area contributed by atoms with Crippen molar-refractivity contribution in [3.63, 3.8) is 0 Å². The van der Waals surface area contributed by atoms with Crippen molar-refractivity contribution in [1.82, 2.24) is 14.5 Å². The number of aryl methyl sites for hydroxylation is 2. The largest absolute Gasteiger partial charge is 0.496 e. The number of hydrogen-bond donors (Lipinski definition) is 0. The predicted octanol–water partition coefficient (Wildman–Crippen LogP) is 5.69. The Kier molecular flexibility index (Phi) is 6.08. The standard InChI is InChI=1S/C22H21N3O2S3/c1-5-10-25-21(26)18-13(2)14(3)30-20(18)24-22(25)29-12-15-11-28-19(23-15)16-8-6-7-9-17(16)27-4/h5-9,11H,1,10,12H2,2-4H3. The molecule has 0 saturated heterocycles. The average molecular weight is 456 g/mol. The van der Waals surface area contributed by atoms with Crippen LogP contribution in [-0.4, -0.2) is 21.6 Å². The van der Waals surface area contributed by atoms with Gasteiger partial charge in [0, 0.05) is 22.6 Å². The van der Waals surface area contributed by atoms with Crippen LogP contribution >= 0.6 is 34.4 Å². The topological polar surface area (TPSA) is 57.0 Å². The van der Waals surface area contributed by atoms with Gasteiger partial charge in [0.1, 0.15) is 15.6 Å². The molecule has 0 aliphatic rings. The molecule has 3 heterocycles. The lowest BCUT2D eigenvalue weighted by Gasteiger charge is -2.09. The van der Waals surface area contributed by atoms with Crippen molar-refractivity contribution in [1.29, 1.82) is 0 Å². The van der Waals surface area contributed by atoms with Gasteiger partial charge in [0.25, 0.3) is 5.56 Å². The number of rotatable bonds is 7. The van der Waals surface area contributed by atoms with E-state index in [1.807, 2.05) is 43.5 Å². The molecule has 8 heteroatoms. The summed E-state index contributed by atoms with van der Waals surface area (Å²) in [5, 5.41) is 4.37. The monoisotopic (exact) mass is 455 g/mol. The summed E-state index contributed by atoms with van der Waals surface area (Å²) < 4.78 is 7.15. The molecule has 0 aliphatic carbocycles. The van der Waals surface area contributed by atoms with Crippen LogP contribution in [0.15, 0.2) is 52.3 Å². The number of nitrogens with zero attached hydrogens (tertiary/aromatic N) is 3. The first-order chi connectivity index (χ1) is 14.5. The molecular formula is C22H21N3O2S3. The van der Waals surface area contributed by atoms with Crippen molar-refractivity contribution in [2.75, 3.05) is 7.11 Å². The molecule has 5 nitrogen and oxygen atoms in total. The van der Waals surface area contributed by atoms with E-state index < -0.39 is 0 Å². The molecule has 0 amide bonds. The number of thiophene rings is 1. The lowest BCUT2D eigenvalue weighted by atomic mass is 10.2. The summed E-state index contributed by atoms with van der Waals surface area (Å²) in [4.78, 5) is 24.6. The Morgan fingerprint density at radius 1 is 1.27 bits per heavy atom. The first-order valence-electron chi connectivity index (χ1n) is 9.35. The number of ether oxygens (including phenoxy) is 1. The van der Waals surface area contributed by atoms with E-state index >= 15 is 0 Å². The van der Waals surface area contributed by atoms with Crippen LogP contribution in [0.3, 0.4) is 0 Å². The van der Waals surface area contributed by atoms with Crippen LogP contribution in [-0.2, 0) is 12.3 Å². The number of thiazole rings is 1. The maximum absolute atomic E-state index is 13.1. The second-order valence-corrected chi connectivity index (χ2v) is 9.70. The van der Waals surface area contributed by atoms with Crippen molar-refractivity contribution in [2.45, 2.75) is 31.3 Å². The van der Waals surface area contributed by atoms with Gasteiger partial charge in [-0.1, -0.05) is 30.0 Å². The van der Waals surface area contributed by atoms with Gasteiger partial charge in [0.05, 0.1) is 23.8 Å². The third-order valence-corrected chi connectivity index (χ3v) is 7.84. The van der Waals surface area contributed by atoms with E-state index in [0.717, 1.165) is 42.7 Å². The SMILES string of the molecule is C=CCn1c(SCc2csc(-c3ccccc3OC)n2)nc2sc(C)c(C)c2c1=O. The third-order valence-electron chi connectivity index (χ3n) is 4.80. The number of methoxy groups -OCH3 is 1. The Hall–Kier alpha value is -2.42. The minimum atomic E-state index is -0.00256. The molecule has 0 N–H and O–H groups in total. The smallest absolute Gasteiger partial charge is 0.263 e. The lowest BCUT2D eigenvalue weighted by molar-refractivity contribution is 0.416. The first kappa shape index (κ1) is 20.8. The van der Waals surface area contributed by atoms with Gasteiger partial charge in [-0.3, -0.25) is 9.36 Å². The molecule has 154 valence electrons. The number of thioether (sulfide) groups is 1. The van der Waals surface area contributed by atoms with Crippen molar-refractivity contribution in [2.24, 2.45) is 0 Å². The maximum Gasteiger partial charge on any atom is 0.263 e. The second kappa shape index (κ2) is 8.75. The van der Waals surface area contributed by atoms with Gasteiger partial charge >= 0.3 is 0 Å². The van der Waals surface area contributed by atoms with E-state index in [1.165, 1.54) is 11.8 Å². The zero-order valence-electron chi connectivity index (χ0n) is 17.0. The molecule has 0 saturated carbocycles. The predicted molar refractivity (Wildman–Crippen MR) is 127 cm³/mol. The number of benzene rings is 1. The van der Waals surface area contributed by atoms with E-state index in [2.05, 4.69) is 6.58 Å². The summed E-state index contributed by atoms with van der Waals surface area (Å²) in [5.74, 6) is 1.44. The van der Waals surface area contributed by atoms with Crippen molar-refractivity contribution >= 4 is 44.7 Å². The van der Waals surface area contributed by atoms with Crippen LogP contribution in [0.1, 0.15) is 16.1 Å². The van der Waals surface area contributed by atoms with Gasteiger partial charge in [0.2, 0.25) is 0 Å². The molecule has 0 aliphatic heterocycles.